The minimum absolute atomic E-state index is 0.0226. The fourth-order valence-electron chi connectivity index (χ4n) is 3.45. The van der Waals surface area contributed by atoms with Gasteiger partial charge in [-0.3, -0.25) is 9.69 Å². The average molecular weight is 303 g/mol. The number of aromatic nitrogens is 2. The Morgan fingerprint density at radius 2 is 1.73 bits per heavy atom. The lowest BCUT2D eigenvalue weighted by atomic mass is 9.92. The predicted molar refractivity (Wildman–Crippen MR) is 88.9 cm³/mol. The van der Waals surface area contributed by atoms with Crippen LogP contribution in [0, 0.1) is 0 Å². The van der Waals surface area contributed by atoms with Gasteiger partial charge in [0, 0.05) is 23.6 Å². The van der Waals surface area contributed by atoms with Gasteiger partial charge in [0.15, 0.2) is 0 Å². The summed E-state index contributed by atoms with van der Waals surface area (Å²) in [5, 5.41) is 4.65. The highest BCUT2D eigenvalue weighted by molar-refractivity contribution is 5.10. The van der Waals surface area contributed by atoms with Crippen molar-refractivity contribution in [3.05, 3.63) is 28.2 Å². The lowest BCUT2D eigenvalue weighted by Crippen LogP contribution is -2.43. The van der Waals surface area contributed by atoms with Crippen LogP contribution in [0.5, 0.6) is 0 Å². The van der Waals surface area contributed by atoms with Crippen LogP contribution in [-0.2, 0) is 12.1 Å². The summed E-state index contributed by atoms with van der Waals surface area (Å²) in [6.07, 6.45) is 9.16. The van der Waals surface area contributed by atoms with Crippen LogP contribution in [0.1, 0.15) is 71.4 Å². The van der Waals surface area contributed by atoms with Crippen LogP contribution in [0.2, 0.25) is 0 Å². The fourth-order valence-corrected chi connectivity index (χ4v) is 3.45. The zero-order chi connectivity index (χ0) is 15.7. The van der Waals surface area contributed by atoms with Gasteiger partial charge in [0.2, 0.25) is 0 Å². The topological polar surface area (TPSA) is 38.1 Å². The molecule has 0 bridgehead atoms. The summed E-state index contributed by atoms with van der Waals surface area (Å²) < 4.78 is 1.69. The molecule has 2 aliphatic rings. The van der Waals surface area contributed by atoms with Crippen molar-refractivity contribution in [2.75, 3.05) is 0 Å². The lowest BCUT2D eigenvalue weighted by molar-refractivity contribution is 0.101. The molecule has 4 nitrogen and oxygen atoms in total. The SMILES string of the molecule is CC(C)(C)c1ccc(=O)n(CN(C2CCCCC2)C2CC2)n1. The van der Waals surface area contributed by atoms with Crippen LogP contribution in [0.25, 0.3) is 0 Å². The summed E-state index contributed by atoms with van der Waals surface area (Å²) in [6, 6.07) is 4.88. The molecule has 0 radical (unpaired) electrons. The van der Waals surface area contributed by atoms with Crippen molar-refractivity contribution in [2.45, 2.75) is 89.9 Å². The van der Waals surface area contributed by atoms with E-state index in [9.17, 15) is 4.79 Å². The third-order valence-corrected chi connectivity index (χ3v) is 4.99. The molecular formula is C18H29N3O. The van der Waals surface area contributed by atoms with Crippen molar-refractivity contribution in [1.29, 1.82) is 0 Å². The van der Waals surface area contributed by atoms with Crippen molar-refractivity contribution in [2.24, 2.45) is 0 Å². The molecule has 0 aromatic carbocycles. The molecule has 22 heavy (non-hydrogen) atoms. The van der Waals surface area contributed by atoms with Gasteiger partial charge in [0.05, 0.1) is 12.4 Å². The Labute approximate surface area is 133 Å². The molecule has 3 rings (SSSR count). The molecule has 0 unspecified atom stereocenters. The monoisotopic (exact) mass is 303 g/mol. The molecule has 1 aromatic heterocycles. The van der Waals surface area contributed by atoms with Gasteiger partial charge in [0.25, 0.3) is 5.56 Å². The Morgan fingerprint density at radius 3 is 2.32 bits per heavy atom. The summed E-state index contributed by atoms with van der Waals surface area (Å²) in [5.41, 5.74) is 0.992. The Hall–Kier alpha value is -1.16. The minimum Gasteiger partial charge on any atom is -0.278 e. The van der Waals surface area contributed by atoms with Gasteiger partial charge in [0.1, 0.15) is 0 Å². The van der Waals surface area contributed by atoms with Crippen LogP contribution >= 0.6 is 0 Å². The van der Waals surface area contributed by atoms with E-state index in [4.69, 9.17) is 0 Å². The van der Waals surface area contributed by atoms with Gasteiger partial charge in [-0.15, -0.1) is 0 Å². The van der Waals surface area contributed by atoms with Gasteiger partial charge < -0.3 is 0 Å². The smallest absolute Gasteiger partial charge is 0.267 e. The highest BCUT2D eigenvalue weighted by Crippen LogP contribution is 2.33. The normalized spacial score (nSPS) is 20.5. The number of nitrogens with zero attached hydrogens (tertiary/aromatic N) is 3. The van der Waals surface area contributed by atoms with Crippen LogP contribution in [0.15, 0.2) is 16.9 Å². The third-order valence-electron chi connectivity index (χ3n) is 4.99. The molecule has 0 saturated heterocycles. The fraction of sp³-hybridized carbons (Fsp3) is 0.778. The number of hydrogen-bond donors (Lipinski definition) is 0. The molecule has 4 heteroatoms. The Kier molecular flexibility index (Phi) is 4.40. The van der Waals surface area contributed by atoms with E-state index >= 15 is 0 Å². The molecule has 2 fully saturated rings. The maximum Gasteiger partial charge on any atom is 0.267 e. The van der Waals surface area contributed by atoms with E-state index in [-0.39, 0.29) is 11.0 Å². The number of hydrogen-bond acceptors (Lipinski definition) is 3. The van der Waals surface area contributed by atoms with E-state index in [0.29, 0.717) is 18.8 Å². The summed E-state index contributed by atoms with van der Waals surface area (Å²) in [4.78, 5) is 14.8. The molecule has 2 saturated carbocycles. The third kappa shape index (κ3) is 3.60. The first-order chi connectivity index (χ1) is 10.4. The van der Waals surface area contributed by atoms with Crippen LogP contribution in [0.3, 0.4) is 0 Å². The van der Waals surface area contributed by atoms with Crippen molar-refractivity contribution < 1.29 is 0 Å². The van der Waals surface area contributed by atoms with Crippen LogP contribution in [0.4, 0.5) is 0 Å². The van der Waals surface area contributed by atoms with Crippen molar-refractivity contribution >= 4 is 0 Å². The Balaban J connectivity index is 1.81. The second-order valence-electron chi connectivity index (χ2n) is 7.98. The van der Waals surface area contributed by atoms with Gasteiger partial charge >= 0.3 is 0 Å². The maximum atomic E-state index is 12.2. The second kappa shape index (κ2) is 6.15. The van der Waals surface area contributed by atoms with E-state index in [1.54, 1.807) is 10.7 Å². The first kappa shape index (κ1) is 15.7. The molecule has 2 aliphatic carbocycles. The molecular weight excluding hydrogens is 274 g/mol. The van der Waals surface area contributed by atoms with Gasteiger partial charge in [-0.2, -0.15) is 5.10 Å². The summed E-state index contributed by atoms with van der Waals surface area (Å²) in [6.45, 7) is 7.09. The van der Waals surface area contributed by atoms with E-state index in [2.05, 4.69) is 30.8 Å². The lowest BCUT2D eigenvalue weighted by Gasteiger charge is -2.34. The van der Waals surface area contributed by atoms with Gasteiger partial charge in [-0.1, -0.05) is 40.0 Å². The highest BCUT2D eigenvalue weighted by Gasteiger charge is 2.35. The van der Waals surface area contributed by atoms with Crippen LogP contribution in [-0.4, -0.2) is 26.8 Å². The molecule has 1 aromatic rings. The molecule has 1 heterocycles. The van der Waals surface area contributed by atoms with Crippen molar-refractivity contribution in [3.63, 3.8) is 0 Å². The Bertz CT molecular complexity index is 562. The van der Waals surface area contributed by atoms with Crippen molar-refractivity contribution in [1.82, 2.24) is 14.7 Å². The molecule has 0 spiro atoms. The highest BCUT2D eigenvalue weighted by atomic mass is 16.1. The average Bonchev–Trinajstić information content (AvgIpc) is 3.30. The van der Waals surface area contributed by atoms with Gasteiger partial charge in [-0.05, 0) is 31.7 Å². The first-order valence-electron chi connectivity index (χ1n) is 8.79. The van der Waals surface area contributed by atoms with Gasteiger partial charge in [-0.25, -0.2) is 4.68 Å². The first-order valence-corrected chi connectivity index (χ1v) is 8.79. The second-order valence-corrected chi connectivity index (χ2v) is 7.98. The summed E-state index contributed by atoms with van der Waals surface area (Å²) in [5.74, 6) is 0. The molecule has 122 valence electrons. The molecule has 0 N–H and O–H groups in total. The van der Waals surface area contributed by atoms with E-state index < -0.39 is 0 Å². The quantitative estimate of drug-likeness (QED) is 0.856. The largest absolute Gasteiger partial charge is 0.278 e. The molecule has 0 aliphatic heterocycles. The maximum absolute atomic E-state index is 12.2. The summed E-state index contributed by atoms with van der Waals surface area (Å²) in [7, 11) is 0. The zero-order valence-corrected chi connectivity index (χ0v) is 14.2. The number of rotatable bonds is 4. The van der Waals surface area contributed by atoms with E-state index in [1.165, 1.54) is 44.9 Å². The summed E-state index contributed by atoms with van der Waals surface area (Å²) >= 11 is 0. The van der Waals surface area contributed by atoms with Crippen molar-refractivity contribution in [3.8, 4) is 0 Å². The standard InChI is InChI=1S/C18H29N3O/c1-18(2,3)16-11-12-17(22)21(19-16)13-20(15-9-10-15)14-7-5-4-6-8-14/h11-12,14-15H,4-10,13H2,1-3H3. The van der Waals surface area contributed by atoms with E-state index in [1.807, 2.05) is 6.07 Å². The van der Waals surface area contributed by atoms with Crippen LogP contribution < -0.4 is 5.56 Å². The predicted octanol–water partition coefficient (Wildman–Crippen LogP) is 3.30. The Morgan fingerprint density at radius 1 is 1.09 bits per heavy atom. The minimum atomic E-state index is -0.0231. The zero-order valence-electron chi connectivity index (χ0n) is 14.2. The van der Waals surface area contributed by atoms with E-state index in [0.717, 1.165) is 5.69 Å². The molecule has 0 amide bonds. The molecule has 0 atom stereocenters.